The van der Waals surface area contributed by atoms with Crippen LogP contribution in [0.4, 0.5) is 0 Å². The molecule has 3 fully saturated rings. The van der Waals surface area contributed by atoms with Gasteiger partial charge in [-0.1, -0.05) is 15.9 Å². The summed E-state index contributed by atoms with van der Waals surface area (Å²) in [5, 5.41) is 4.15. The van der Waals surface area contributed by atoms with Crippen molar-refractivity contribution in [3.63, 3.8) is 0 Å². The summed E-state index contributed by atoms with van der Waals surface area (Å²) in [4.78, 5) is 15.0. The molecular formula is C15H16BrN3OS. The molecule has 3 aliphatic heterocycles. The van der Waals surface area contributed by atoms with Gasteiger partial charge in [0.05, 0.1) is 4.70 Å². The highest BCUT2D eigenvalue weighted by Gasteiger charge is 2.35. The molecule has 1 atom stereocenters. The van der Waals surface area contributed by atoms with Crippen LogP contribution < -0.4 is 5.32 Å². The number of piperidine rings is 3. The first-order valence-corrected chi connectivity index (χ1v) is 8.85. The van der Waals surface area contributed by atoms with Gasteiger partial charge in [0.15, 0.2) is 0 Å². The van der Waals surface area contributed by atoms with Crippen LogP contribution >= 0.6 is 27.5 Å². The Morgan fingerprint density at radius 2 is 2.19 bits per heavy atom. The zero-order chi connectivity index (χ0) is 14.4. The fraction of sp³-hybridized carbons (Fsp3) is 0.467. The van der Waals surface area contributed by atoms with Crippen molar-refractivity contribution in [3.05, 3.63) is 28.4 Å². The maximum Gasteiger partial charge on any atom is 0.271 e. The van der Waals surface area contributed by atoms with Crippen LogP contribution in [0.3, 0.4) is 0 Å². The monoisotopic (exact) mass is 365 g/mol. The number of benzene rings is 1. The van der Waals surface area contributed by atoms with E-state index in [1.54, 1.807) is 0 Å². The minimum absolute atomic E-state index is 0.0295. The number of aromatic nitrogens is 1. The summed E-state index contributed by atoms with van der Waals surface area (Å²) in [6, 6.07) is 6.24. The van der Waals surface area contributed by atoms with Gasteiger partial charge in [-0.2, -0.15) is 4.37 Å². The molecule has 0 unspecified atom stereocenters. The third-order valence-corrected chi connectivity index (χ3v) is 5.94. The highest BCUT2D eigenvalue weighted by molar-refractivity contribution is 9.10. The first-order valence-electron chi connectivity index (χ1n) is 7.29. The van der Waals surface area contributed by atoms with E-state index in [9.17, 15) is 4.79 Å². The Balaban J connectivity index is 1.57. The SMILES string of the molecule is O=C(N[C@H]1CN2CCC1CC2)c1nsc2ccc(Br)cc12. The van der Waals surface area contributed by atoms with Crippen molar-refractivity contribution >= 4 is 43.5 Å². The lowest BCUT2D eigenvalue weighted by molar-refractivity contribution is 0.0619. The van der Waals surface area contributed by atoms with E-state index in [4.69, 9.17) is 0 Å². The molecule has 1 aromatic heterocycles. The van der Waals surface area contributed by atoms with E-state index >= 15 is 0 Å². The second-order valence-electron chi connectivity index (χ2n) is 5.89. The summed E-state index contributed by atoms with van der Waals surface area (Å²) in [5.74, 6) is 0.605. The Labute approximate surface area is 135 Å². The molecule has 6 heteroatoms. The predicted octanol–water partition coefficient (Wildman–Crippen LogP) is 2.88. The lowest BCUT2D eigenvalue weighted by Gasteiger charge is -2.44. The highest BCUT2D eigenvalue weighted by atomic mass is 79.9. The molecule has 0 radical (unpaired) electrons. The Morgan fingerprint density at radius 3 is 2.90 bits per heavy atom. The summed E-state index contributed by atoms with van der Waals surface area (Å²) in [7, 11) is 0. The molecule has 0 saturated carbocycles. The van der Waals surface area contributed by atoms with Gasteiger partial charge >= 0.3 is 0 Å². The second-order valence-corrected chi connectivity index (χ2v) is 7.61. The van der Waals surface area contributed by atoms with Gasteiger partial charge in [0.25, 0.3) is 5.91 Å². The van der Waals surface area contributed by atoms with Crippen molar-refractivity contribution < 1.29 is 4.79 Å². The Kier molecular flexibility index (Phi) is 3.47. The van der Waals surface area contributed by atoms with E-state index in [2.05, 4.69) is 30.5 Å². The van der Waals surface area contributed by atoms with Crippen LogP contribution in [-0.2, 0) is 0 Å². The summed E-state index contributed by atoms with van der Waals surface area (Å²) in [6.45, 7) is 3.36. The number of carbonyl (C=O) groups is 1. The Bertz CT molecular complexity index is 693. The van der Waals surface area contributed by atoms with E-state index in [1.165, 1.54) is 37.5 Å². The van der Waals surface area contributed by atoms with Crippen LogP contribution in [0.2, 0.25) is 0 Å². The molecule has 1 aromatic carbocycles. The molecule has 1 amide bonds. The molecule has 3 aliphatic rings. The zero-order valence-corrected chi connectivity index (χ0v) is 13.9. The number of rotatable bonds is 2. The number of amides is 1. The van der Waals surface area contributed by atoms with Gasteiger partial charge in [-0.25, -0.2) is 0 Å². The number of hydrogen-bond acceptors (Lipinski definition) is 4. The topological polar surface area (TPSA) is 45.2 Å². The van der Waals surface area contributed by atoms with Crippen molar-refractivity contribution in [2.75, 3.05) is 19.6 Å². The van der Waals surface area contributed by atoms with Crippen LogP contribution in [0, 0.1) is 5.92 Å². The summed E-state index contributed by atoms with van der Waals surface area (Å²) < 4.78 is 6.39. The first-order chi connectivity index (χ1) is 10.2. The smallest absolute Gasteiger partial charge is 0.271 e. The van der Waals surface area contributed by atoms with Crippen molar-refractivity contribution in [2.45, 2.75) is 18.9 Å². The van der Waals surface area contributed by atoms with Gasteiger partial charge < -0.3 is 10.2 Å². The molecule has 3 saturated heterocycles. The van der Waals surface area contributed by atoms with Crippen LogP contribution in [-0.4, -0.2) is 40.9 Å². The summed E-state index contributed by atoms with van der Waals surface area (Å²) in [6.07, 6.45) is 2.41. The van der Waals surface area contributed by atoms with Gasteiger partial charge in [0.1, 0.15) is 5.69 Å². The molecule has 1 N–H and O–H groups in total. The third-order valence-electron chi connectivity index (χ3n) is 4.62. The third kappa shape index (κ3) is 2.49. The number of nitrogens with one attached hydrogen (secondary N) is 1. The van der Waals surface area contributed by atoms with Crippen molar-refractivity contribution in [3.8, 4) is 0 Å². The van der Waals surface area contributed by atoms with Gasteiger partial charge in [-0.3, -0.25) is 4.79 Å². The minimum atomic E-state index is -0.0295. The Morgan fingerprint density at radius 1 is 1.38 bits per heavy atom. The maximum atomic E-state index is 12.6. The fourth-order valence-corrected chi connectivity index (χ4v) is 4.55. The number of halogens is 1. The van der Waals surface area contributed by atoms with E-state index in [1.807, 2.05) is 18.2 Å². The minimum Gasteiger partial charge on any atom is -0.346 e. The molecule has 4 heterocycles. The summed E-state index contributed by atoms with van der Waals surface area (Å²) in [5.41, 5.74) is 0.563. The van der Waals surface area contributed by atoms with Crippen molar-refractivity contribution in [1.82, 2.24) is 14.6 Å². The van der Waals surface area contributed by atoms with Crippen molar-refractivity contribution in [2.24, 2.45) is 5.92 Å². The fourth-order valence-electron chi connectivity index (χ4n) is 3.44. The van der Waals surface area contributed by atoms with E-state index in [0.717, 1.165) is 21.1 Å². The average Bonchev–Trinajstić information content (AvgIpc) is 2.91. The number of nitrogens with zero attached hydrogens (tertiary/aromatic N) is 2. The average molecular weight is 366 g/mol. The quantitative estimate of drug-likeness (QED) is 0.889. The highest BCUT2D eigenvalue weighted by Crippen LogP contribution is 2.29. The predicted molar refractivity (Wildman–Crippen MR) is 87.7 cm³/mol. The number of hydrogen-bond donors (Lipinski definition) is 1. The van der Waals surface area contributed by atoms with Gasteiger partial charge in [0.2, 0.25) is 0 Å². The molecule has 0 spiro atoms. The number of carbonyl (C=O) groups excluding carboxylic acids is 1. The van der Waals surface area contributed by atoms with Gasteiger partial charge in [-0.05, 0) is 61.6 Å². The lowest BCUT2D eigenvalue weighted by Crippen LogP contribution is -2.57. The first kappa shape index (κ1) is 13.7. The molecular weight excluding hydrogens is 350 g/mol. The van der Waals surface area contributed by atoms with Crippen LogP contribution in [0.1, 0.15) is 23.3 Å². The number of fused-ring (bicyclic) bond motifs is 4. The second kappa shape index (κ2) is 5.34. The van der Waals surface area contributed by atoms with Gasteiger partial charge in [-0.15, -0.1) is 0 Å². The van der Waals surface area contributed by atoms with Crippen LogP contribution in [0.5, 0.6) is 0 Å². The molecule has 2 bridgehead atoms. The largest absolute Gasteiger partial charge is 0.346 e. The van der Waals surface area contributed by atoms with Crippen molar-refractivity contribution in [1.29, 1.82) is 0 Å². The Hall–Kier alpha value is -0.980. The lowest BCUT2D eigenvalue weighted by atomic mass is 9.84. The van der Waals surface area contributed by atoms with E-state index in [-0.39, 0.29) is 11.9 Å². The molecule has 5 rings (SSSR count). The maximum absolute atomic E-state index is 12.6. The van der Waals surface area contributed by atoms with Gasteiger partial charge in [0, 0.05) is 22.4 Å². The normalized spacial score (nSPS) is 28.0. The molecule has 4 nitrogen and oxygen atoms in total. The molecule has 21 heavy (non-hydrogen) atoms. The van der Waals surface area contributed by atoms with Crippen LogP contribution in [0.15, 0.2) is 22.7 Å². The van der Waals surface area contributed by atoms with Crippen LogP contribution in [0.25, 0.3) is 10.1 Å². The summed E-state index contributed by atoms with van der Waals surface area (Å²) >= 11 is 4.85. The standard InChI is InChI=1S/C15H16BrN3OS/c16-10-1-2-13-11(7-10)14(18-21-13)15(20)17-12-8-19-5-3-9(12)4-6-19/h1-2,7,9,12H,3-6,8H2,(H,17,20)/t12-/m0/s1. The van der Waals surface area contributed by atoms with E-state index < -0.39 is 0 Å². The van der Waals surface area contributed by atoms with E-state index in [0.29, 0.717) is 11.6 Å². The molecule has 0 aliphatic carbocycles. The molecule has 110 valence electrons. The zero-order valence-electron chi connectivity index (χ0n) is 11.5. The molecule has 2 aromatic rings.